The van der Waals surface area contributed by atoms with Gasteiger partial charge in [-0.2, -0.15) is 0 Å². The third-order valence-corrected chi connectivity index (χ3v) is 2.34. The second-order valence-corrected chi connectivity index (χ2v) is 3.64. The van der Waals surface area contributed by atoms with Gasteiger partial charge in [-0.15, -0.1) is 0 Å². The van der Waals surface area contributed by atoms with Crippen molar-refractivity contribution >= 4 is 0 Å². The quantitative estimate of drug-likeness (QED) is 0.572. The van der Waals surface area contributed by atoms with Crippen LogP contribution in [0.3, 0.4) is 0 Å². The van der Waals surface area contributed by atoms with Crippen LogP contribution in [0.5, 0.6) is 0 Å². The van der Waals surface area contributed by atoms with Crippen LogP contribution >= 0.6 is 0 Å². The van der Waals surface area contributed by atoms with Crippen LogP contribution in [0, 0.1) is 5.92 Å². The Labute approximate surface area is 82.9 Å². The summed E-state index contributed by atoms with van der Waals surface area (Å²) in [6.07, 6.45) is 11.6. The van der Waals surface area contributed by atoms with E-state index in [1.165, 1.54) is 25.7 Å². The van der Waals surface area contributed by atoms with Gasteiger partial charge in [0.2, 0.25) is 0 Å². The van der Waals surface area contributed by atoms with Gasteiger partial charge in [0.05, 0.1) is 0 Å². The van der Waals surface area contributed by atoms with Crippen molar-refractivity contribution in [2.24, 2.45) is 5.92 Å². The molecule has 0 aliphatic rings. The summed E-state index contributed by atoms with van der Waals surface area (Å²) in [5.41, 5.74) is 0. The van der Waals surface area contributed by atoms with Crippen LogP contribution in [-0.2, 0) is 0 Å². The van der Waals surface area contributed by atoms with E-state index in [4.69, 9.17) is 5.11 Å². The van der Waals surface area contributed by atoms with Gasteiger partial charge in [-0.1, -0.05) is 38.8 Å². The van der Waals surface area contributed by atoms with E-state index in [-0.39, 0.29) is 0 Å². The van der Waals surface area contributed by atoms with Crippen molar-refractivity contribution in [1.82, 2.24) is 0 Å². The van der Waals surface area contributed by atoms with Gasteiger partial charge in [0.15, 0.2) is 0 Å². The molecule has 0 fully saturated rings. The van der Waals surface area contributed by atoms with E-state index in [1.54, 1.807) is 0 Å². The highest BCUT2D eigenvalue weighted by Crippen LogP contribution is 2.17. The highest BCUT2D eigenvalue weighted by molar-refractivity contribution is 4.82. The molecule has 0 unspecified atom stereocenters. The second-order valence-electron chi connectivity index (χ2n) is 3.64. The predicted molar refractivity (Wildman–Crippen MR) is 58.8 cm³/mol. The summed E-state index contributed by atoms with van der Waals surface area (Å²) in [5.74, 6) is 0.792. The Morgan fingerprint density at radius 3 is 2.46 bits per heavy atom. The van der Waals surface area contributed by atoms with E-state index in [0.717, 1.165) is 18.8 Å². The smallest absolute Gasteiger partial charge is 0.0431 e. The molecule has 0 bridgehead atoms. The Kier molecular flexibility index (Phi) is 9.56. The Balaban J connectivity index is 3.59. The van der Waals surface area contributed by atoms with Crippen molar-refractivity contribution in [2.75, 3.05) is 6.61 Å². The second kappa shape index (κ2) is 9.79. The average Bonchev–Trinajstić information content (AvgIpc) is 2.14. The Morgan fingerprint density at radius 1 is 1.15 bits per heavy atom. The molecule has 0 saturated carbocycles. The minimum atomic E-state index is 0.345. The van der Waals surface area contributed by atoms with Gasteiger partial charge in [0.1, 0.15) is 0 Å². The van der Waals surface area contributed by atoms with E-state index in [9.17, 15) is 0 Å². The van der Waals surface area contributed by atoms with Gasteiger partial charge >= 0.3 is 0 Å². The van der Waals surface area contributed by atoms with Crippen LogP contribution < -0.4 is 0 Å². The maximum Gasteiger partial charge on any atom is 0.0431 e. The van der Waals surface area contributed by atoms with Crippen molar-refractivity contribution in [2.45, 2.75) is 52.4 Å². The molecular formula is C12H24O. The molecule has 0 heterocycles. The molecule has 1 nitrogen and oxygen atoms in total. The van der Waals surface area contributed by atoms with Gasteiger partial charge in [-0.25, -0.2) is 0 Å². The van der Waals surface area contributed by atoms with Crippen molar-refractivity contribution < 1.29 is 5.11 Å². The molecule has 1 heteroatoms. The topological polar surface area (TPSA) is 20.2 Å². The molecule has 1 N–H and O–H groups in total. The molecule has 1 atom stereocenters. The maximum atomic E-state index is 8.74. The van der Waals surface area contributed by atoms with Crippen LogP contribution in [-0.4, -0.2) is 11.7 Å². The summed E-state index contributed by atoms with van der Waals surface area (Å²) >= 11 is 0. The lowest BCUT2D eigenvalue weighted by Gasteiger charge is -2.12. The fourth-order valence-electron chi connectivity index (χ4n) is 1.62. The first kappa shape index (κ1) is 12.7. The summed E-state index contributed by atoms with van der Waals surface area (Å²) < 4.78 is 0. The predicted octanol–water partition coefficient (Wildman–Crippen LogP) is 3.53. The fourth-order valence-corrected chi connectivity index (χ4v) is 1.62. The maximum absolute atomic E-state index is 8.74. The van der Waals surface area contributed by atoms with Crippen molar-refractivity contribution in [3.05, 3.63) is 12.2 Å². The highest BCUT2D eigenvalue weighted by atomic mass is 16.2. The number of aliphatic hydroxyl groups is 1. The van der Waals surface area contributed by atoms with Crippen LogP contribution in [0.2, 0.25) is 0 Å². The summed E-state index contributed by atoms with van der Waals surface area (Å²) in [5, 5.41) is 8.74. The SMILES string of the molecule is CC/C=C/C[C@H](CCC)CCCO. The third kappa shape index (κ3) is 8.04. The lowest BCUT2D eigenvalue weighted by Crippen LogP contribution is -2.00. The largest absolute Gasteiger partial charge is 0.396 e. The van der Waals surface area contributed by atoms with E-state index in [0.29, 0.717) is 6.61 Å². The van der Waals surface area contributed by atoms with Crippen LogP contribution in [0.1, 0.15) is 52.4 Å². The Morgan fingerprint density at radius 2 is 1.92 bits per heavy atom. The van der Waals surface area contributed by atoms with E-state index >= 15 is 0 Å². The molecule has 0 aliphatic heterocycles. The van der Waals surface area contributed by atoms with Gasteiger partial charge in [0, 0.05) is 6.61 Å². The first-order valence-corrected chi connectivity index (χ1v) is 5.61. The van der Waals surface area contributed by atoms with E-state index in [1.807, 2.05) is 0 Å². The molecule has 78 valence electrons. The average molecular weight is 184 g/mol. The molecule has 13 heavy (non-hydrogen) atoms. The Bertz CT molecular complexity index is 118. The molecule has 0 amide bonds. The molecule has 0 aromatic rings. The molecule has 0 radical (unpaired) electrons. The molecule has 0 rings (SSSR count). The fraction of sp³-hybridized carbons (Fsp3) is 0.833. The van der Waals surface area contributed by atoms with Gasteiger partial charge in [-0.05, 0) is 31.6 Å². The third-order valence-electron chi connectivity index (χ3n) is 2.34. The monoisotopic (exact) mass is 184 g/mol. The van der Waals surface area contributed by atoms with Crippen molar-refractivity contribution in [3.8, 4) is 0 Å². The normalized spacial score (nSPS) is 13.8. The molecular weight excluding hydrogens is 160 g/mol. The molecule has 0 aliphatic carbocycles. The standard InChI is InChI=1S/C12H24O/c1-3-5-6-9-12(8-4-2)10-7-11-13/h5-6,12-13H,3-4,7-11H2,1-2H3/b6-5+/t12-/m0/s1. The summed E-state index contributed by atoms with van der Waals surface area (Å²) in [6, 6.07) is 0. The van der Waals surface area contributed by atoms with Gasteiger partial charge in [0.25, 0.3) is 0 Å². The molecule has 0 aromatic carbocycles. The lowest BCUT2D eigenvalue weighted by atomic mass is 9.94. The number of rotatable bonds is 8. The van der Waals surface area contributed by atoms with Gasteiger partial charge in [-0.3, -0.25) is 0 Å². The van der Waals surface area contributed by atoms with Crippen LogP contribution in [0.15, 0.2) is 12.2 Å². The lowest BCUT2D eigenvalue weighted by molar-refractivity contribution is 0.268. The summed E-state index contributed by atoms with van der Waals surface area (Å²) in [4.78, 5) is 0. The Hall–Kier alpha value is -0.300. The molecule has 0 aromatic heterocycles. The zero-order valence-electron chi connectivity index (χ0n) is 9.13. The highest BCUT2D eigenvalue weighted by Gasteiger charge is 2.04. The van der Waals surface area contributed by atoms with Gasteiger partial charge < -0.3 is 5.11 Å². The minimum absolute atomic E-state index is 0.345. The van der Waals surface area contributed by atoms with E-state index in [2.05, 4.69) is 26.0 Å². The minimum Gasteiger partial charge on any atom is -0.396 e. The number of hydrogen-bond acceptors (Lipinski definition) is 1. The number of aliphatic hydroxyl groups excluding tert-OH is 1. The zero-order valence-corrected chi connectivity index (χ0v) is 9.13. The molecule has 0 spiro atoms. The number of hydrogen-bond donors (Lipinski definition) is 1. The first-order valence-electron chi connectivity index (χ1n) is 5.61. The summed E-state index contributed by atoms with van der Waals surface area (Å²) in [7, 11) is 0. The van der Waals surface area contributed by atoms with Crippen LogP contribution in [0.25, 0.3) is 0 Å². The van der Waals surface area contributed by atoms with Crippen LogP contribution in [0.4, 0.5) is 0 Å². The number of allylic oxidation sites excluding steroid dienone is 2. The summed E-state index contributed by atoms with van der Waals surface area (Å²) in [6.45, 7) is 4.74. The van der Waals surface area contributed by atoms with E-state index < -0.39 is 0 Å². The first-order chi connectivity index (χ1) is 6.35. The zero-order chi connectivity index (χ0) is 9.94. The van der Waals surface area contributed by atoms with Crippen molar-refractivity contribution in [1.29, 1.82) is 0 Å². The molecule has 0 saturated heterocycles. The van der Waals surface area contributed by atoms with Crippen molar-refractivity contribution in [3.63, 3.8) is 0 Å².